The Bertz CT molecular complexity index is 326. The predicted octanol–water partition coefficient (Wildman–Crippen LogP) is 0.624. The molecule has 0 aromatic heterocycles. The number of amides is 2. The van der Waals surface area contributed by atoms with Gasteiger partial charge in [0.2, 0.25) is 0 Å². The highest BCUT2D eigenvalue weighted by molar-refractivity contribution is 5.77. The van der Waals surface area contributed by atoms with E-state index in [0.29, 0.717) is 32.6 Å². The van der Waals surface area contributed by atoms with Gasteiger partial charge in [-0.3, -0.25) is 4.79 Å². The van der Waals surface area contributed by atoms with Gasteiger partial charge in [-0.1, -0.05) is 0 Å². The summed E-state index contributed by atoms with van der Waals surface area (Å²) in [4.78, 5) is 26.5. The number of likely N-dealkylation sites (tertiary alicyclic amines) is 2. The van der Waals surface area contributed by atoms with Crippen molar-refractivity contribution < 1.29 is 19.4 Å². The van der Waals surface area contributed by atoms with Crippen LogP contribution in [-0.2, 0) is 9.53 Å². The second kappa shape index (κ2) is 5.56. The fourth-order valence-corrected chi connectivity index (χ4v) is 2.62. The average molecular weight is 256 g/mol. The van der Waals surface area contributed by atoms with Crippen LogP contribution in [0, 0.1) is 5.92 Å². The van der Waals surface area contributed by atoms with Crippen LogP contribution in [0.25, 0.3) is 0 Å². The van der Waals surface area contributed by atoms with Crippen LogP contribution in [0.3, 0.4) is 0 Å². The molecule has 0 aromatic rings. The zero-order valence-corrected chi connectivity index (χ0v) is 10.7. The number of carbonyl (C=O) groups is 2. The van der Waals surface area contributed by atoms with E-state index in [1.54, 1.807) is 16.9 Å². The van der Waals surface area contributed by atoms with Crippen molar-refractivity contribution in [2.75, 3.05) is 33.3 Å². The van der Waals surface area contributed by atoms with Crippen molar-refractivity contribution in [1.82, 2.24) is 9.80 Å². The second-order valence-electron chi connectivity index (χ2n) is 4.97. The van der Waals surface area contributed by atoms with Gasteiger partial charge in [0.1, 0.15) is 0 Å². The summed E-state index contributed by atoms with van der Waals surface area (Å²) in [6.45, 7) is 2.30. The first-order valence-electron chi connectivity index (χ1n) is 6.41. The molecule has 1 N–H and O–H groups in total. The van der Waals surface area contributed by atoms with Crippen molar-refractivity contribution in [3.63, 3.8) is 0 Å². The molecule has 0 spiro atoms. The van der Waals surface area contributed by atoms with Crippen molar-refractivity contribution in [3.05, 3.63) is 0 Å². The molecule has 0 aromatic carbocycles. The molecule has 6 heteroatoms. The summed E-state index contributed by atoms with van der Waals surface area (Å²) in [6, 6.07) is -0.0201. The van der Waals surface area contributed by atoms with E-state index in [2.05, 4.69) is 0 Å². The Labute approximate surface area is 106 Å². The summed E-state index contributed by atoms with van der Waals surface area (Å²) in [5.41, 5.74) is 0. The first-order chi connectivity index (χ1) is 8.61. The fraction of sp³-hybridized carbons (Fsp3) is 0.833. The number of carboxylic acids is 1. The molecule has 0 radical (unpaired) electrons. The zero-order valence-electron chi connectivity index (χ0n) is 10.7. The molecule has 2 fully saturated rings. The third-order valence-electron chi connectivity index (χ3n) is 3.85. The van der Waals surface area contributed by atoms with Gasteiger partial charge in [0.15, 0.2) is 0 Å². The number of hydrogen-bond acceptors (Lipinski definition) is 3. The van der Waals surface area contributed by atoms with E-state index in [4.69, 9.17) is 9.84 Å². The van der Waals surface area contributed by atoms with Gasteiger partial charge in [-0.15, -0.1) is 0 Å². The number of piperidine rings is 1. The maximum absolute atomic E-state index is 12.2. The standard InChI is InChI=1S/C12H20N2O4/c1-18-10-3-6-13(7-4-10)12(17)14-5-2-9(8-14)11(15)16/h9-10H,2-8H2,1H3,(H,15,16). The summed E-state index contributed by atoms with van der Waals surface area (Å²) >= 11 is 0. The summed E-state index contributed by atoms with van der Waals surface area (Å²) in [7, 11) is 1.69. The van der Waals surface area contributed by atoms with E-state index < -0.39 is 11.9 Å². The van der Waals surface area contributed by atoms with Crippen molar-refractivity contribution in [3.8, 4) is 0 Å². The Morgan fingerprint density at radius 2 is 1.72 bits per heavy atom. The number of aliphatic carboxylic acids is 1. The Hall–Kier alpha value is -1.30. The number of carbonyl (C=O) groups excluding carboxylic acids is 1. The Kier molecular flexibility index (Phi) is 4.06. The lowest BCUT2D eigenvalue weighted by Gasteiger charge is -2.34. The van der Waals surface area contributed by atoms with Gasteiger partial charge in [0.05, 0.1) is 12.0 Å². The summed E-state index contributed by atoms with van der Waals surface area (Å²) in [5.74, 6) is -1.20. The van der Waals surface area contributed by atoms with Crippen molar-refractivity contribution in [1.29, 1.82) is 0 Å². The highest BCUT2D eigenvalue weighted by atomic mass is 16.5. The molecule has 18 heavy (non-hydrogen) atoms. The van der Waals surface area contributed by atoms with Crippen LogP contribution < -0.4 is 0 Å². The molecule has 0 saturated carbocycles. The average Bonchev–Trinajstić information content (AvgIpc) is 2.88. The number of ether oxygens (including phenoxy) is 1. The summed E-state index contributed by atoms with van der Waals surface area (Å²) < 4.78 is 5.26. The lowest BCUT2D eigenvalue weighted by atomic mass is 10.1. The van der Waals surface area contributed by atoms with Gasteiger partial charge >= 0.3 is 12.0 Å². The molecular weight excluding hydrogens is 236 g/mol. The molecule has 1 atom stereocenters. The first kappa shape index (κ1) is 13.1. The molecule has 1 unspecified atom stereocenters. The van der Waals surface area contributed by atoms with Gasteiger partial charge in [0, 0.05) is 33.3 Å². The second-order valence-corrected chi connectivity index (χ2v) is 4.97. The van der Waals surface area contributed by atoms with Crippen LogP contribution in [0.2, 0.25) is 0 Å². The van der Waals surface area contributed by atoms with Crippen molar-refractivity contribution in [2.24, 2.45) is 5.92 Å². The normalized spacial score (nSPS) is 25.5. The van der Waals surface area contributed by atoms with Crippen molar-refractivity contribution in [2.45, 2.75) is 25.4 Å². The molecule has 0 bridgehead atoms. The van der Waals surface area contributed by atoms with E-state index in [1.165, 1.54) is 0 Å². The van der Waals surface area contributed by atoms with E-state index in [1.807, 2.05) is 0 Å². The molecular formula is C12H20N2O4. The van der Waals surface area contributed by atoms with E-state index in [9.17, 15) is 9.59 Å². The highest BCUT2D eigenvalue weighted by Gasteiger charge is 2.34. The number of nitrogens with zero attached hydrogens (tertiary/aromatic N) is 2. The van der Waals surface area contributed by atoms with Crippen LogP contribution in [0.4, 0.5) is 4.79 Å². The van der Waals surface area contributed by atoms with Crippen LogP contribution in [0.5, 0.6) is 0 Å². The fourth-order valence-electron chi connectivity index (χ4n) is 2.62. The van der Waals surface area contributed by atoms with E-state index >= 15 is 0 Å². The van der Waals surface area contributed by atoms with Gasteiger partial charge in [0.25, 0.3) is 0 Å². The lowest BCUT2D eigenvalue weighted by Crippen LogP contribution is -2.47. The maximum atomic E-state index is 12.2. The Balaban J connectivity index is 1.84. The van der Waals surface area contributed by atoms with Gasteiger partial charge in [-0.05, 0) is 19.3 Å². The zero-order chi connectivity index (χ0) is 13.1. The maximum Gasteiger partial charge on any atom is 0.320 e. The molecule has 2 amide bonds. The minimum atomic E-state index is -0.802. The third kappa shape index (κ3) is 2.75. The predicted molar refractivity (Wildman–Crippen MR) is 64.3 cm³/mol. The topological polar surface area (TPSA) is 70.1 Å². The van der Waals surface area contributed by atoms with Gasteiger partial charge in [-0.2, -0.15) is 0 Å². The van der Waals surface area contributed by atoms with E-state index in [-0.39, 0.29) is 12.1 Å². The monoisotopic (exact) mass is 256 g/mol. The summed E-state index contributed by atoms with van der Waals surface area (Å²) in [5, 5.41) is 8.92. The molecule has 0 aliphatic carbocycles. The lowest BCUT2D eigenvalue weighted by molar-refractivity contribution is -0.141. The molecule has 2 aliphatic rings. The molecule has 2 aliphatic heterocycles. The van der Waals surface area contributed by atoms with Crippen molar-refractivity contribution >= 4 is 12.0 Å². The molecule has 2 rings (SSSR count). The number of urea groups is 1. The number of rotatable bonds is 2. The van der Waals surface area contributed by atoms with Gasteiger partial charge in [-0.25, -0.2) is 4.79 Å². The van der Waals surface area contributed by atoms with Crippen LogP contribution >= 0.6 is 0 Å². The number of carboxylic acid groups (broad SMARTS) is 1. The minimum absolute atomic E-state index is 0.0201. The van der Waals surface area contributed by atoms with E-state index in [0.717, 1.165) is 12.8 Å². The van der Waals surface area contributed by atoms with Gasteiger partial charge < -0.3 is 19.6 Å². The third-order valence-corrected chi connectivity index (χ3v) is 3.85. The molecule has 2 heterocycles. The molecule has 2 saturated heterocycles. The largest absolute Gasteiger partial charge is 0.481 e. The minimum Gasteiger partial charge on any atom is -0.481 e. The first-order valence-corrected chi connectivity index (χ1v) is 6.41. The van der Waals surface area contributed by atoms with Crippen LogP contribution in [-0.4, -0.2) is 66.3 Å². The van der Waals surface area contributed by atoms with Crippen LogP contribution in [0.15, 0.2) is 0 Å². The number of methoxy groups -OCH3 is 1. The summed E-state index contributed by atoms with van der Waals surface area (Å²) in [6.07, 6.45) is 2.53. The Morgan fingerprint density at radius 1 is 1.11 bits per heavy atom. The van der Waals surface area contributed by atoms with Crippen LogP contribution in [0.1, 0.15) is 19.3 Å². The highest BCUT2D eigenvalue weighted by Crippen LogP contribution is 2.20. The SMILES string of the molecule is COC1CCN(C(=O)N2CCC(C(=O)O)C2)CC1. The Morgan fingerprint density at radius 3 is 2.22 bits per heavy atom. The molecule has 102 valence electrons. The number of hydrogen-bond donors (Lipinski definition) is 1. The smallest absolute Gasteiger partial charge is 0.320 e. The quantitative estimate of drug-likeness (QED) is 0.786. The molecule has 6 nitrogen and oxygen atoms in total.